The van der Waals surface area contributed by atoms with Crippen molar-refractivity contribution in [3.63, 3.8) is 0 Å². The summed E-state index contributed by atoms with van der Waals surface area (Å²) < 4.78 is 0. The van der Waals surface area contributed by atoms with Crippen LogP contribution in [0.3, 0.4) is 0 Å². The first kappa shape index (κ1) is 15.2. The topological polar surface area (TPSA) is 61.9 Å². The predicted molar refractivity (Wildman–Crippen MR) is 94.7 cm³/mol. The molecule has 1 atom stereocenters. The number of amides is 1. The standard InChI is InChI=1S/C18H18N4OS/c23-17(12-24-13-7-9-19-10-8-13)22-11-3-6-16(22)18-20-14-4-1-2-5-15(14)21-18/h1-2,4-5,7-10,16H,3,6,11-12H2,(H,20,21)/t16-/m0/s1. The number of thioether (sulfide) groups is 1. The molecule has 0 radical (unpaired) electrons. The number of rotatable bonds is 4. The number of carbonyl (C=O) groups excluding carboxylic acids is 1. The first-order chi connectivity index (χ1) is 11.8. The summed E-state index contributed by atoms with van der Waals surface area (Å²) in [5.41, 5.74) is 1.98. The molecule has 4 rings (SSSR count). The maximum Gasteiger partial charge on any atom is 0.233 e. The molecule has 5 nitrogen and oxygen atoms in total. The number of nitrogens with one attached hydrogen (secondary N) is 1. The molecule has 1 aliphatic rings. The van der Waals surface area contributed by atoms with Gasteiger partial charge in [0.05, 0.1) is 22.8 Å². The lowest BCUT2D eigenvalue weighted by atomic mass is 10.2. The summed E-state index contributed by atoms with van der Waals surface area (Å²) in [6.07, 6.45) is 5.48. The quantitative estimate of drug-likeness (QED) is 0.741. The Kier molecular flexibility index (Phi) is 4.21. The average Bonchev–Trinajstić information content (AvgIpc) is 3.26. The SMILES string of the molecule is O=C(CSc1ccncc1)N1CCC[C@H]1c1nc2ccccc2[nH]1. The Hall–Kier alpha value is -2.34. The molecule has 2 aromatic heterocycles. The van der Waals surface area contributed by atoms with Gasteiger partial charge in [-0.1, -0.05) is 12.1 Å². The van der Waals surface area contributed by atoms with Gasteiger partial charge in [-0.25, -0.2) is 4.98 Å². The second-order valence-electron chi connectivity index (χ2n) is 5.86. The van der Waals surface area contributed by atoms with Crippen molar-refractivity contribution in [3.8, 4) is 0 Å². The summed E-state index contributed by atoms with van der Waals surface area (Å²) in [4.78, 5) is 27.8. The fourth-order valence-corrected chi connectivity index (χ4v) is 3.91. The molecule has 0 aliphatic carbocycles. The van der Waals surface area contributed by atoms with E-state index in [4.69, 9.17) is 0 Å². The number of hydrogen-bond acceptors (Lipinski definition) is 4. The maximum absolute atomic E-state index is 12.7. The Labute approximate surface area is 144 Å². The van der Waals surface area contributed by atoms with Crippen LogP contribution in [-0.4, -0.2) is 38.1 Å². The van der Waals surface area contributed by atoms with Crippen LogP contribution in [0.15, 0.2) is 53.7 Å². The number of benzene rings is 1. The van der Waals surface area contributed by atoms with Crippen molar-refractivity contribution >= 4 is 28.7 Å². The number of H-pyrrole nitrogens is 1. The van der Waals surface area contributed by atoms with Crippen LogP contribution in [0.4, 0.5) is 0 Å². The number of imidazole rings is 1. The van der Waals surface area contributed by atoms with Crippen molar-refractivity contribution < 1.29 is 4.79 Å². The number of hydrogen-bond donors (Lipinski definition) is 1. The number of nitrogens with zero attached hydrogens (tertiary/aromatic N) is 3. The van der Waals surface area contributed by atoms with Crippen LogP contribution in [0.1, 0.15) is 24.7 Å². The molecule has 0 unspecified atom stereocenters. The van der Waals surface area contributed by atoms with Gasteiger partial charge in [-0.15, -0.1) is 11.8 Å². The van der Waals surface area contributed by atoms with Gasteiger partial charge in [0.25, 0.3) is 0 Å². The van der Waals surface area contributed by atoms with Gasteiger partial charge < -0.3 is 9.88 Å². The van der Waals surface area contributed by atoms with Crippen molar-refractivity contribution in [3.05, 3.63) is 54.6 Å². The molecule has 1 N–H and O–H groups in total. The lowest BCUT2D eigenvalue weighted by Crippen LogP contribution is -2.32. The summed E-state index contributed by atoms with van der Waals surface area (Å²) in [6.45, 7) is 0.803. The van der Waals surface area contributed by atoms with E-state index >= 15 is 0 Å². The van der Waals surface area contributed by atoms with Crippen molar-refractivity contribution in [1.82, 2.24) is 19.9 Å². The number of fused-ring (bicyclic) bond motifs is 1. The van der Waals surface area contributed by atoms with Gasteiger partial charge in [0.2, 0.25) is 5.91 Å². The van der Waals surface area contributed by atoms with Crippen molar-refractivity contribution in [1.29, 1.82) is 0 Å². The van der Waals surface area contributed by atoms with Gasteiger partial charge in [0.15, 0.2) is 0 Å². The van der Waals surface area contributed by atoms with Crippen LogP contribution in [0.2, 0.25) is 0 Å². The summed E-state index contributed by atoms with van der Waals surface area (Å²) in [7, 11) is 0. The van der Waals surface area contributed by atoms with Crippen LogP contribution in [0.25, 0.3) is 11.0 Å². The minimum Gasteiger partial charge on any atom is -0.340 e. The highest BCUT2D eigenvalue weighted by molar-refractivity contribution is 8.00. The van der Waals surface area contributed by atoms with Crippen LogP contribution in [0.5, 0.6) is 0 Å². The van der Waals surface area contributed by atoms with Crippen LogP contribution >= 0.6 is 11.8 Å². The number of aromatic nitrogens is 3. The van der Waals surface area contributed by atoms with Crippen LogP contribution in [-0.2, 0) is 4.79 Å². The van der Waals surface area contributed by atoms with E-state index in [0.717, 1.165) is 41.1 Å². The number of pyridine rings is 1. The molecular weight excluding hydrogens is 320 g/mol. The molecular formula is C18H18N4OS. The Morgan fingerprint density at radius 1 is 1.25 bits per heavy atom. The highest BCUT2D eigenvalue weighted by atomic mass is 32.2. The molecule has 0 saturated carbocycles. The van der Waals surface area contributed by atoms with Gasteiger partial charge >= 0.3 is 0 Å². The third-order valence-electron chi connectivity index (χ3n) is 4.31. The highest BCUT2D eigenvalue weighted by Gasteiger charge is 2.31. The summed E-state index contributed by atoms with van der Waals surface area (Å²) in [6, 6.07) is 11.9. The molecule has 6 heteroatoms. The number of para-hydroxylation sites is 2. The second kappa shape index (κ2) is 6.65. The van der Waals surface area contributed by atoms with Crippen LogP contribution in [0, 0.1) is 0 Å². The molecule has 3 heterocycles. The maximum atomic E-state index is 12.7. The van der Waals surface area contributed by atoms with Gasteiger partial charge in [-0.3, -0.25) is 9.78 Å². The molecule has 122 valence electrons. The van der Waals surface area contributed by atoms with Gasteiger partial charge in [0.1, 0.15) is 5.82 Å². The molecule has 1 saturated heterocycles. The number of aromatic amines is 1. The predicted octanol–water partition coefficient (Wildman–Crippen LogP) is 3.41. The smallest absolute Gasteiger partial charge is 0.233 e. The largest absolute Gasteiger partial charge is 0.340 e. The Bertz CT molecular complexity index is 815. The third-order valence-corrected chi connectivity index (χ3v) is 5.31. The lowest BCUT2D eigenvalue weighted by Gasteiger charge is -2.23. The van der Waals surface area contributed by atoms with Gasteiger partial charge in [-0.2, -0.15) is 0 Å². The van der Waals surface area contributed by atoms with E-state index < -0.39 is 0 Å². The first-order valence-corrected chi connectivity index (χ1v) is 9.07. The molecule has 1 amide bonds. The molecule has 24 heavy (non-hydrogen) atoms. The van der Waals surface area contributed by atoms with Crippen molar-refractivity contribution in [2.24, 2.45) is 0 Å². The van der Waals surface area contributed by atoms with Crippen molar-refractivity contribution in [2.45, 2.75) is 23.8 Å². The zero-order valence-electron chi connectivity index (χ0n) is 13.2. The summed E-state index contributed by atoms with van der Waals surface area (Å²) in [5.74, 6) is 1.51. The number of likely N-dealkylation sites (tertiary alicyclic amines) is 1. The Morgan fingerprint density at radius 3 is 2.92 bits per heavy atom. The van der Waals surface area contributed by atoms with E-state index in [1.54, 1.807) is 24.2 Å². The summed E-state index contributed by atoms with van der Waals surface area (Å²) >= 11 is 1.56. The lowest BCUT2D eigenvalue weighted by molar-refractivity contribution is -0.129. The van der Waals surface area contributed by atoms with E-state index in [0.29, 0.717) is 5.75 Å². The molecule has 1 fully saturated rings. The van der Waals surface area contributed by atoms with Gasteiger partial charge in [-0.05, 0) is 37.1 Å². The highest BCUT2D eigenvalue weighted by Crippen LogP contribution is 2.32. The molecule has 1 aromatic carbocycles. The third kappa shape index (κ3) is 3.01. The second-order valence-corrected chi connectivity index (χ2v) is 6.90. The normalized spacial score (nSPS) is 17.5. The molecule has 1 aliphatic heterocycles. The fourth-order valence-electron chi connectivity index (χ4n) is 3.14. The zero-order valence-corrected chi connectivity index (χ0v) is 14.0. The van der Waals surface area contributed by atoms with E-state index in [1.165, 1.54) is 0 Å². The molecule has 3 aromatic rings. The van der Waals surface area contributed by atoms with Gasteiger partial charge in [0, 0.05) is 23.8 Å². The summed E-state index contributed by atoms with van der Waals surface area (Å²) in [5, 5.41) is 0. The Balaban J connectivity index is 1.48. The van der Waals surface area contributed by atoms with Crippen molar-refractivity contribution in [2.75, 3.05) is 12.3 Å². The Morgan fingerprint density at radius 2 is 2.08 bits per heavy atom. The van der Waals surface area contributed by atoms with E-state index in [1.807, 2.05) is 41.3 Å². The van der Waals surface area contributed by atoms with E-state index in [9.17, 15) is 4.79 Å². The minimum atomic E-state index is 0.0583. The average molecular weight is 338 g/mol. The zero-order chi connectivity index (χ0) is 16.4. The van der Waals surface area contributed by atoms with Crippen LogP contribution < -0.4 is 0 Å². The molecule has 0 spiro atoms. The van der Waals surface area contributed by atoms with E-state index in [2.05, 4.69) is 15.0 Å². The number of carbonyl (C=O) groups is 1. The minimum absolute atomic E-state index is 0.0583. The fraction of sp³-hybridized carbons (Fsp3) is 0.278. The molecule has 0 bridgehead atoms. The first-order valence-electron chi connectivity index (χ1n) is 8.08. The van der Waals surface area contributed by atoms with E-state index in [-0.39, 0.29) is 11.9 Å². The monoisotopic (exact) mass is 338 g/mol.